The molecule has 2 aromatic carbocycles. The topological polar surface area (TPSA) is 92.7 Å². The normalized spacial score (nSPS) is 17.1. The number of aliphatic hydroxyl groups is 1. The van der Waals surface area contributed by atoms with Crippen molar-refractivity contribution in [1.29, 1.82) is 0 Å². The van der Waals surface area contributed by atoms with E-state index in [2.05, 4.69) is 11.4 Å². The summed E-state index contributed by atoms with van der Waals surface area (Å²) < 4.78 is 11.4. The molecular formula is C30H31NO5. The quantitative estimate of drug-likeness (QED) is 0.404. The lowest BCUT2D eigenvalue weighted by atomic mass is 9.85. The minimum atomic E-state index is -0.820. The maximum absolute atomic E-state index is 12.6. The van der Waals surface area contributed by atoms with Crippen molar-refractivity contribution in [2.45, 2.75) is 69.9 Å². The van der Waals surface area contributed by atoms with E-state index >= 15 is 0 Å². The number of fused-ring (bicyclic) bond motifs is 6. The van der Waals surface area contributed by atoms with Gasteiger partial charge in [0.15, 0.2) is 0 Å². The molecule has 2 N–H and O–H groups in total. The summed E-state index contributed by atoms with van der Waals surface area (Å²) in [7, 11) is 1.86. The van der Waals surface area contributed by atoms with Crippen LogP contribution in [0, 0.1) is 0 Å². The zero-order valence-electron chi connectivity index (χ0n) is 20.6. The molecule has 36 heavy (non-hydrogen) atoms. The summed E-state index contributed by atoms with van der Waals surface area (Å²) in [5, 5.41) is 16.9. The number of rotatable bonds is 5. The second-order valence-corrected chi connectivity index (χ2v) is 10.2. The number of nitrogens with one attached hydrogen (secondary N) is 1. The fourth-order valence-electron chi connectivity index (χ4n) is 6.34. The van der Waals surface area contributed by atoms with Crippen molar-refractivity contribution in [3.63, 3.8) is 0 Å². The Morgan fingerprint density at radius 1 is 0.778 bits per heavy atom. The Kier molecular flexibility index (Phi) is 6.02. The first kappa shape index (κ1) is 23.2. The van der Waals surface area contributed by atoms with Gasteiger partial charge in [0.05, 0.1) is 6.10 Å². The van der Waals surface area contributed by atoms with Gasteiger partial charge >= 0.3 is 11.3 Å². The van der Waals surface area contributed by atoms with Crippen molar-refractivity contribution in [2.75, 3.05) is 7.05 Å². The van der Waals surface area contributed by atoms with E-state index in [1.165, 1.54) is 0 Å². The predicted octanol–water partition coefficient (Wildman–Crippen LogP) is 4.52. The lowest BCUT2D eigenvalue weighted by molar-refractivity contribution is 0.133. The smallest absolute Gasteiger partial charge is 0.339 e. The molecule has 6 rings (SSSR count). The van der Waals surface area contributed by atoms with E-state index in [0.717, 1.165) is 95.5 Å². The summed E-state index contributed by atoms with van der Waals surface area (Å²) in [5.41, 5.74) is 6.20. The Morgan fingerprint density at radius 3 is 1.92 bits per heavy atom. The van der Waals surface area contributed by atoms with Crippen LogP contribution in [0.3, 0.4) is 0 Å². The molecule has 2 aliphatic carbocycles. The highest BCUT2D eigenvalue weighted by atomic mass is 16.4. The molecule has 0 spiro atoms. The van der Waals surface area contributed by atoms with Crippen molar-refractivity contribution in [2.24, 2.45) is 0 Å². The Bertz CT molecular complexity index is 1580. The van der Waals surface area contributed by atoms with Gasteiger partial charge in [-0.3, -0.25) is 0 Å². The van der Waals surface area contributed by atoms with Gasteiger partial charge in [-0.15, -0.1) is 0 Å². The molecule has 0 saturated carbocycles. The molecule has 2 unspecified atom stereocenters. The third-order valence-corrected chi connectivity index (χ3v) is 8.12. The van der Waals surface area contributed by atoms with Gasteiger partial charge in [-0.25, -0.2) is 9.59 Å². The highest BCUT2D eigenvalue weighted by Gasteiger charge is 2.28. The van der Waals surface area contributed by atoms with E-state index in [4.69, 9.17) is 8.83 Å². The molecular weight excluding hydrogens is 454 g/mol. The monoisotopic (exact) mass is 485 g/mol. The molecule has 0 amide bonds. The molecule has 2 atom stereocenters. The molecule has 6 heteroatoms. The fraction of sp³-hybridized carbons (Fsp3) is 0.400. The molecule has 2 aromatic heterocycles. The molecule has 2 heterocycles. The fourth-order valence-corrected chi connectivity index (χ4v) is 6.34. The number of likely N-dealkylation sites (N-methyl/N-ethyl adjacent to an activating group) is 1. The van der Waals surface area contributed by atoms with Gasteiger partial charge in [0.25, 0.3) is 0 Å². The van der Waals surface area contributed by atoms with E-state index in [1.807, 2.05) is 37.4 Å². The summed E-state index contributed by atoms with van der Waals surface area (Å²) in [6.07, 6.45) is 6.98. The molecule has 0 saturated heterocycles. The Balaban J connectivity index is 1.45. The van der Waals surface area contributed by atoms with Crippen LogP contribution >= 0.6 is 0 Å². The molecule has 0 radical (unpaired) electrons. The predicted molar refractivity (Wildman–Crippen MR) is 140 cm³/mol. The first-order valence-electron chi connectivity index (χ1n) is 13.1. The summed E-state index contributed by atoms with van der Waals surface area (Å²) in [5.74, 6) is 0. The SMILES string of the molecule is CNC(Cc1cccc2oc(=O)c3c(c12)CCCC3)C(O)c1cccc2oc(=O)c3c(c12)CCCC3. The van der Waals surface area contributed by atoms with Gasteiger partial charge in [-0.2, -0.15) is 0 Å². The molecule has 186 valence electrons. The number of hydrogen-bond acceptors (Lipinski definition) is 6. The molecule has 0 aliphatic heterocycles. The van der Waals surface area contributed by atoms with Crippen LogP contribution in [-0.2, 0) is 32.1 Å². The average Bonchev–Trinajstić information content (AvgIpc) is 2.91. The minimum Gasteiger partial charge on any atom is -0.423 e. The van der Waals surface area contributed by atoms with E-state index in [-0.39, 0.29) is 17.3 Å². The summed E-state index contributed by atoms with van der Waals surface area (Å²) in [4.78, 5) is 25.2. The Morgan fingerprint density at radius 2 is 1.31 bits per heavy atom. The van der Waals surface area contributed by atoms with Crippen LogP contribution in [0.15, 0.2) is 54.8 Å². The van der Waals surface area contributed by atoms with Crippen molar-refractivity contribution in [1.82, 2.24) is 5.32 Å². The Labute approximate surface area is 208 Å². The number of aryl methyl sites for hydroxylation is 2. The Hall–Kier alpha value is -3.22. The third kappa shape index (κ3) is 3.80. The number of aliphatic hydroxyl groups excluding tert-OH is 1. The minimum absolute atomic E-state index is 0.221. The third-order valence-electron chi connectivity index (χ3n) is 8.12. The van der Waals surface area contributed by atoms with E-state index in [9.17, 15) is 14.7 Å². The van der Waals surface area contributed by atoms with Gasteiger partial charge in [-0.05, 0) is 99.2 Å². The second-order valence-electron chi connectivity index (χ2n) is 10.2. The van der Waals surface area contributed by atoms with Gasteiger partial charge in [0, 0.05) is 27.9 Å². The largest absolute Gasteiger partial charge is 0.423 e. The summed E-state index contributed by atoms with van der Waals surface area (Å²) in [6.45, 7) is 0. The van der Waals surface area contributed by atoms with Crippen molar-refractivity contribution in [3.05, 3.63) is 90.6 Å². The van der Waals surface area contributed by atoms with Crippen LogP contribution < -0.4 is 16.6 Å². The molecule has 6 nitrogen and oxygen atoms in total. The van der Waals surface area contributed by atoms with Crippen molar-refractivity contribution in [3.8, 4) is 0 Å². The maximum Gasteiger partial charge on any atom is 0.339 e. The molecule has 0 bridgehead atoms. The molecule has 2 aliphatic rings. The first-order chi connectivity index (χ1) is 17.6. The lowest BCUT2D eigenvalue weighted by Crippen LogP contribution is -2.34. The standard InChI is InChI=1S/C30H31NO5/c1-31-23(16-17-8-6-14-24-26(17)18-9-2-4-11-20(18)29(33)35-24)28(32)22-13-7-15-25-27(22)19-10-3-5-12-21(19)30(34)36-25/h6-8,13-15,23,28,31-32H,2-5,9-12,16H2,1H3. The van der Waals surface area contributed by atoms with Gasteiger partial charge in [0.1, 0.15) is 11.2 Å². The number of hydrogen-bond donors (Lipinski definition) is 2. The zero-order valence-corrected chi connectivity index (χ0v) is 20.6. The second kappa shape index (κ2) is 9.34. The lowest BCUT2D eigenvalue weighted by Gasteiger charge is -2.27. The van der Waals surface area contributed by atoms with Gasteiger partial charge < -0.3 is 19.3 Å². The highest BCUT2D eigenvalue weighted by molar-refractivity contribution is 5.86. The first-order valence-corrected chi connectivity index (χ1v) is 13.1. The van der Waals surface area contributed by atoms with Crippen molar-refractivity contribution < 1.29 is 13.9 Å². The van der Waals surface area contributed by atoms with Crippen LogP contribution in [-0.4, -0.2) is 18.2 Å². The summed E-state index contributed by atoms with van der Waals surface area (Å²) in [6, 6.07) is 11.1. The maximum atomic E-state index is 12.6. The van der Waals surface area contributed by atoms with E-state index < -0.39 is 6.10 Å². The molecule has 0 fully saturated rings. The highest BCUT2D eigenvalue weighted by Crippen LogP contribution is 2.35. The van der Waals surface area contributed by atoms with Crippen LogP contribution in [0.2, 0.25) is 0 Å². The van der Waals surface area contributed by atoms with Crippen LogP contribution in [0.1, 0.15) is 65.2 Å². The molecule has 4 aromatic rings. The van der Waals surface area contributed by atoms with E-state index in [1.54, 1.807) is 0 Å². The van der Waals surface area contributed by atoms with Gasteiger partial charge in [-0.1, -0.05) is 24.3 Å². The van der Waals surface area contributed by atoms with Crippen molar-refractivity contribution >= 4 is 21.9 Å². The van der Waals surface area contributed by atoms with E-state index in [0.29, 0.717) is 17.6 Å². The van der Waals surface area contributed by atoms with Crippen LogP contribution in [0.25, 0.3) is 21.9 Å². The van der Waals surface area contributed by atoms with Crippen LogP contribution in [0.5, 0.6) is 0 Å². The zero-order chi connectivity index (χ0) is 24.8. The van der Waals surface area contributed by atoms with Gasteiger partial charge in [0.2, 0.25) is 0 Å². The van der Waals surface area contributed by atoms with Crippen LogP contribution in [0.4, 0.5) is 0 Å². The summed E-state index contributed by atoms with van der Waals surface area (Å²) >= 11 is 0. The number of benzene rings is 2. The average molecular weight is 486 g/mol.